The predicted molar refractivity (Wildman–Crippen MR) is 77.4 cm³/mol. The van der Waals surface area contributed by atoms with Crippen molar-refractivity contribution in [2.75, 3.05) is 7.11 Å². The Bertz CT molecular complexity index is 542. The van der Waals surface area contributed by atoms with Gasteiger partial charge in [0, 0.05) is 16.5 Å². The molecule has 0 bridgehead atoms. The number of carbonyl (C=O) groups excluding carboxylic acids is 3. The second kappa shape index (κ2) is 7.19. The van der Waals surface area contributed by atoms with Crippen molar-refractivity contribution in [3.63, 3.8) is 0 Å². The summed E-state index contributed by atoms with van der Waals surface area (Å²) in [5, 5.41) is 2.51. The molecule has 1 aromatic rings. The van der Waals surface area contributed by atoms with Gasteiger partial charge in [0.1, 0.15) is 11.8 Å². The van der Waals surface area contributed by atoms with E-state index in [1.54, 1.807) is 18.2 Å². The summed E-state index contributed by atoms with van der Waals surface area (Å²) in [6, 6.07) is 4.13. The van der Waals surface area contributed by atoms with Gasteiger partial charge in [-0.05, 0) is 31.5 Å². The van der Waals surface area contributed by atoms with Gasteiger partial charge in [0.05, 0.1) is 7.11 Å². The summed E-state index contributed by atoms with van der Waals surface area (Å²) in [5.41, 5.74) is 1.40. The largest absolute Gasteiger partial charge is 0.467 e. The fraction of sp³-hybridized carbons (Fsp3) is 0.357. The molecule has 108 valence electrons. The number of esters is 1. The van der Waals surface area contributed by atoms with Gasteiger partial charge in [-0.3, -0.25) is 9.59 Å². The van der Waals surface area contributed by atoms with Crippen molar-refractivity contribution in [1.29, 1.82) is 0 Å². The van der Waals surface area contributed by atoms with Crippen LogP contribution in [0.2, 0.25) is 0 Å². The highest BCUT2D eigenvalue weighted by molar-refractivity contribution is 9.10. The van der Waals surface area contributed by atoms with Crippen molar-refractivity contribution >= 4 is 33.6 Å². The molecular formula is C14H16BrNO4. The summed E-state index contributed by atoms with van der Waals surface area (Å²) in [4.78, 5) is 34.7. The van der Waals surface area contributed by atoms with Crippen LogP contribution in [-0.2, 0) is 14.3 Å². The first-order chi connectivity index (χ1) is 9.35. The van der Waals surface area contributed by atoms with Crippen molar-refractivity contribution in [2.24, 2.45) is 0 Å². The van der Waals surface area contributed by atoms with E-state index in [0.29, 0.717) is 5.56 Å². The van der Waals surface area contributed by atoms with E-state index in [1.165, 1.54) is 14.0 Å². The SMILES string of the molecule is COC(=O)C(CC(C)=O)NC(=O)c1ccc(C)c(Br)c1. The number of benzene rings is 1. The normalized spacial score (nSPS) is 11.6. The van der Waals surface area contributed by atoms with E-state index in [2.05, 4.69) is 26.0 Å². The third-order valence-corrected chi connectivity index (χ3v) is 3.57. The number of ether oxygens (including phenoxy) is 1. The number of aryl methyl sites for hydroxylation is 1. The first-order valence-corrected chi connectivity index (χ1v) is 6.78. The molecule has 0 spiro atoms. The Morgan fingerprint density at radius 3 is 2.50 bits per heavy atom. The van der Waals surface area contributed by atoms with Gasteiger partial charge >= 0.3 is 5.97 Å². The standard InChI is InChI=1S/C14H16BrNO4/c1-8-4-5-10(7-11(8)15)13(18)16-12(6-9(2)17)14(19)20-3/h4-5,7,12H,6H2,1-3H3,(H,16,18). The molecule has 1 unspecified atom stereocenters. The molecule has 0 aromatic heterocycles. The van der Waals surface area contributed by atoms with Gasteiger partial charge in [-0.25, -0.2) is 4.79 Å². The average molecular weight is 342 g/mol. The Labute approximate surface area is 125 Å². The van der Waals surface area contributed by atoms with Crippen molar-refractivity contribution in [1.82, 2.24) is 5.32 Å². The number of nitrogens with one attached hydrogen (secondary N) is 1. The molecule has 0 fully saturated rings. The lowest BCUT2D eigenvalue weighted by atomic mass is 10.1. The molecule has 6 heteroatoms. The quantitative estimate of drug-likeness (QED) is 0.831. The van der Waals surface area contributed by atoms with Gasteiger partial charge in [-0.1, -0.05) is 22.0 Å². The van der Waals surface area contributed by atoms with E-state index in [1.807, 2.05) is 6.92 Å². The number of halogens is 1. The molecule has 1 aromatic carbocycles. The first-order valence-electron chi connectivity index (χ1n) is 5.99. The molecular weight excluding hydrogens is 326 g/mol. The molecule has 20 heavy (non-hydrogen) atoms. The van der Waals surface area contributed by atoms with E-state index in [9.17, 15) is 14.4 Å². The minimum Gasteiger partial charge on any atom is -0.467 e. The highest BCUT2D eigenvalue weighted by Crippen LogP contribution is 2.17. The summed E-state index contributed by atoms with van der Waals surface area (Å²) in [5.74, 6) is -1.27. The molecule has 0 heterocycles. The maximum absolute atomic E-state index is 12.1. The maximum Gasteiger partial charge on any atom is 0.328 e. The fourth-order valence-electron chi connectivity index (χ4n) is 1.60. The molecule has 1 rings (SSSR count). The third kappa shape index (κ3) is 4.45. The highest BCUT2D eigenvalue weighted by atomic mass is 79.9. The Morgan fingerprint density at radius 2 is 2.00 bits per heavy atom. The molecule has 1 atom stereocenters. The van der Waals surface area contributed by atoms with Gasteiger partial charge in [-0.15, -0.1) is 0 Å². The molecule has 0 aliphatic rings. The molecule has 5 nitrogen and oxygen atoms in total. The number of hydrogen-bond acceptors (Lipinski definition) is 4. The van der Waals surface area contributed by atoms with Crippen LogP contribution in [0.4, 0.5) is 0 Å². The van der Waals surface area contributed by atoms with Crippen LogP contribution >= 0.6 is 15.9 Å². The predicted octanol–water partition coefficient (Wildman–Crippen LogP) is 2.01. The summed E-state index contributed by atoms with van der Waals surface area (Å²) < 4.78 is 5.38. The number of ketones is 1. The minimum absolute atomic E-state index is 0.0918. The van der Waals surface area contributed by atoms with E-state index in [-0.39, 0.29) is 12.2 Å². The zero-order valence-electron chi connectivity index (χ0n) is 11.5. The monoisotopic (exact) mass is 341 g/mol. The average Bonchev–Trinajstić information content (AvgIpc) is 2.39. The van der Waals surface area contributed by atoms with E-state index in [4.69, 9.17) is 0 Å². The lowest BCUT2D eigenvalue weighted by Gasteiger charge is -2.15. The Kier molecular flexibility index (Phi) is 5.88. The summed E-state index contributed by atoms with van der Waals surface area (Å²) in [6.07, 6.45) is -0.0918. The Balaban J connectivity index is 2.86. The van der Waals surface area contributed by atoms with Crippen molar-refractivity contribution in [3.05, 3.63) is 33.8 Å². The molecule has 0 radical (unpaired) electrons. The maximum atomic E-state index is 12.1. The first kappa shape index (κ1) is 16.4. The number of carbonyl (C=O) groups is 3. The molecule has 0 aliphatic carbocycles. The number of methoxy groups -OCH3 is 1. The summed E-state index contributed by atoms with van der Waals surface area (Å²) >= 11 is 3.34. The van der Waals surface area contributed by atoms with Crippen molar-refractivity contribution < 1.29 is 19.1 Å². The lowest BCUT2D eigenvalue weighted by Crippen LogP contribution is -2.42. The van der Waals surface area contributed by atoms with Crippen LogP contribution in [0.3, 0.4) is 0 Å². The van der Waals surface area contributed by atoms with Crippen LogP contribution in [0.5, 0.6) is 0 Å². The van der Waals surface area contributed by atoms with Gasteiger partial charge < -0.3 is 10.1 Å². The van der Waals surface area contributed by atoms with E-state index in [0.717, 1.165) is 10.0 Å². The highest BCUT2D eigenvalue weighted by Gasteiger charge is 2.23. The zero-order valence-corrected chi connectivity index (χ0v) is 13.1. The van der Waals surface area contributed by atoms with Crippen LogP contribution < -0.4 is 5.32 Å². The molecule has 1 amide bonds. The number of Topliss-reactive ketones (excluding diaryl/α,β-unsaturated/α-hetero) is 1. The minimum atomic E-state index is -0.968. The second-order valence-electron chi connectivity index (χ2n) is 4.42. The van der Waals surface area contributed by atoms with Crippen LogP contribution in [-0.4, -0.2) is 30.8 Å². The summed E-state index contributed by atoms with van der Waals surface area (Å²) in [6.45, 7) is 3.25. The fourth-order valence-corrected chi connectivity index (χ4v) is 1.98. The molecule has 0 saturated carbocycles. The second-order valence-corrected chi connectivity index (χ2v) is 5.27. The van der Waals surface area contributed by atoms with Crippen LogP contribution in [0.1, 0.15) is 29.3 Å². The number of rotatable bonds is 5. The van der Waals surface area contributed by atoms with Gasteiger partial charge in [0.2, 0.25) is 0 Å². The van der Waals surface area contributed by atoms with Gasteiger partial charge in [0.25, 0.3) is 5.91 Å². The Hall–Kier alpha value is -1.69. The number of hydrogen-bond donors (Lipinski definition) is 1. The molecule has 0 aliphatic heterocycles. The topological polar surface area (TPSA) is 72.5 Å². The molecule has 1 N–H and O–H groups in total. The van der Waals surface area contributed by atoms with Crippen LogP contribution in [0.25, 0.3) is 0 Å². The Morgan fingerprint density at radius 1 is 1.35 bits per heavy atom. The zero-order chi connectivity index (χ0) is 15.3. The lowest BCUT2D eigenvalue weighted by molar-refractivity contribution is -0.144. The molecule has 0 saturated heterocycles. The van der Waals surface area contributed by atoms with Gasteiger partial charge in [0.15, 0.2) is 0 Å². The third-order valence-electron chi connectivity index (χ3n) is 2.72. The van der Waals surface area contributed by atoms with Gasteiger partial charge in [-0.2, -0.15) is 0 Å². The van der Waals surface area contributed by atoms with Crippen LogP contribution in [0.15, 0.2) is 22.7 Å². The van der Waals surface area contributed by atoms with E-state index >= 15 is 0 Å². The van der Waals surface area contributed by atoms with Crippen molar-refractivity contribution in [3.8, 4) is 0 Å². The summed E-state index contributed by atoms with van der Waals surface area (Å²) in [7, 11) is 1.21. The smallest absolute Gasteiger partial charge is 0.328 e. The van der Waals surface area contributed by atoms with Crippen molar-refractivity contribution in [2.45, 2.75) is 26.3 Å². The number of amides is 1. The van der Waals surface area contributed by atoms with E-state index < -0.39 is 17.9 Å². The van der Waals surface area contributed by atoms with Crippen LogP contribution in [0, 0.1) is 6.92 Å².